The van der Waals surface area contributed by atoms with E-state index in [0.717, 1.165) is 8.59 Å². The number of hydrogen-bond donors (Lipinski definition) is 1. The van der Waals surface area contributed by atoms with Gasteiger partial charge < -0.3 is 5.32 Å². The Kier molecular flexibility index (Phi) is 7.47. The second kappa shape index (κ2) is 8.33. The molecule has 0 aliphatic carbocycles. The minimum absolute atomic E-state index is 0.432. The Balaban J connectivity index is 2.56. The average molecular weight is 366 g/mol. The Morgan fingerprint density at radius 1 is 1.29 bits per heavy atom. The lowest BCUT2D eigenvalue weighted by atomic mass is 10.0. The van der Waals surface area contributed by atoms with Crippen LogP contribution in [0.2, 0.25) is 5.02 Å². The van der Waals surface area contributed by atoms with Crippen molar-refractivity contribution in [1.82, 2.24) is 5.32 Å². The van der Waals surface area contributed by atoms with Gasteiger partial charge in [0.15, 0.2) is 0 Å². The molecule has 0 bridgehead atoms. The van der Waals surface area contributed by atoms with E-state index >= 15 is 0 Å². The topological polar surface area (TPSA) is 12.0 Å². The van der Waals surface area contributed by atoms with Crippen LogP contribution in [-0.2, 0) is 0 Å². The lowest BCUT2D eigenvalue weighted by molar-refractivity contribution is 0.505. The number of hydrogen-bond acceptors (Lipinski definition) is 1. The van der Waals surface area contributed by atoms with Crippen LogP contribution in [0.25, 0.3) is 0 Å². The monoisotopic (exact) mass is 365 g/mol. The van der Waals surface area contributed by atoms with Gasteiger partial charge in [-0.2, -0.15) is 0 Å². The zero-order valence-corrected chi connectivity index (χ0v) is 13.5. The zero-order valence-electron chi connectivity index (χ0n) is 10.6. The first-order valence-electron chi connectivity index (χ1n) is 6.31. The standard InChI is InChI=1S/C14H21ClIN/c1-3-4-5-6-7-14(17-2)11-8-9-13(16)12(15)10-11/h8-10,14,17H,3-7H2,1-2H3. The largest absolute Gasteiger partial charge is 0.313 e. The molecule has 1 atom stereocenters. The molecule has 0 amide bonds. The Morgan fingerprint density at radius 3 is 2.65 bits per heavy atom. The van der Waals surface area contributed by atoms with Gasteiger partial charge in [0.2, 0.25) is 0 Å². The smallest absolute Gasteiger partial charge is 0.0542 e. The molecular formula is C14H21ClIN. The lowest BCUT2D eigenvalue weighted by Crippen LogP contribution is -2.16. The summed E-state index contributed by atoms with van der Waals surface area (Å²) in [5.74, 6) is 0. The summed E-state index contributed by atoms with van der Waals surface area (Å²) in [4.78, 5) is 0. The van der Waals surface area contributed by atoms with E-state index in [-0.39, 0.29) is 0 Å². The van der Waals surface area contributed by atoms with Gasteiger partial charge in [-0.25, -0.2) is 0 Å². The highest BCUT2D eigenvalue weighted by Crippen LogP contribution is 2.26. The molecule has 1 aromatic rings. The number of halogens is 2. The van der Waals surface area contributed by atoms with Crippen LogP contribution in [0.15, 0.2) is 18.2 Å². The van der Waals surface area contributed by atoms with Crippen molar-refractivity contribution in [2.24, 2.45) is 0 Å². The minimum atomic E-state index is 0.432. The maximum atomic E-state index is 6.16. The van der Waals surface area contributed by atoms with Crippen LogP contribution < -0.4 is 5.32 Å². The van der Waals surface area contributed by atoms with Gasteiger partial charge in [-0.05, 0) is 53.8 Å². The van der Waals surface area contributed by atoms with Crippen LogP contribution in [-0.4, -0.2) is 7.05 Å². The summed E-state index contributed by atoms with van der Waals surface area (Å²) in [6.07, 6.45) is 6.42. The highest BCUT2D eigenvalue weighted by atomic mass is 127. The van der Waals surface area contributed by atoms with Gasteiger partial charge in [0.25, 0.3) is 0 Å². The van der Waals surface area contributed by atoms with E-state index in [9.17, 15) is 0 Å². The Hall–Kier alpha value is 0.200. The minimum Gasteiger partial charge on any atom is -0.313 e. The highest BCUT2D eigenvalue weighted by Gasteiger charge is 2.10. The fraction of sp³-hybridized carbons (Fsp3) is 0.571. The quantitative estimate of drug-likeness (QED) is 0.519. The SMILES string of the molecule is CCCCCCC(NC)c1ccc(I)c(Cl)c1. The van der Waals surface area contributed by atoms with Gasteiger partial charge >= 0.3 is 0 Å². The van der Waals surface area contributed by atoms with Gasteiger partial charge in [-0.3, -0.25) is 0 Å². The molecule has 0 aliphatic rings. The molecule has 1 N–H and O–H groups in total. The molecule has 1 nitrogen and oxygen atoms in total. The number of rotatable bonds is 7. The maximum Gasteiger partial charge on any atom is 0.0542 e. The van der Waals surface area contributed by atoms with E-state index in [1.807, 2.05) is 7.05 Å². The molecule has 0 heterocycles. The molecule has 17 heavy (non-hydrogen) atoms. The molecule has 0 saturated carbocycles. The third kappa shape index (κ3) is 5.14. The third-order valence-electron chi connectivity index (χ3n) is 3.04. The molecule has 0 aromatic heterocycles. The Morgan fingerprint density at radius 2 is 2.06 bits per heavy atom. The van der Waals surface area contributed by atoms with Gasteiger partial charge in [-0.15, -0.1) is 0 Å². The Bertz CT molecular complexity index is 341. The normalized spacial score (nSPS) is 12.7. The molecule has 0 radical (unpaired) electrons. The number of benzene rings is 1. The molecule has 3 heteroatoms. The molecule has 0 saturated heterocycles. The summed E-state index contributed by atoms with van der Waals surface area (Å²) in [6.45, 7) is 2.24. The molecule has 1 aromatic carbocycles. The van der Waals surface area contributed by atoms with Crippen LogP contribution in [0.1, 0.15) is 50.6 Å². The summed E-state index contributed by atoms with van der Waals surface area (Å²) >= 11 is 8.43. The first-order valence-corrected chi connectivity index (χ1v) is 7.77. The summed E-state index contributed by atoms with van der Waals surface area (Å²) in [5, 5.41) is 4.24. The first-order chi connectivity index (χ1) is 8.19. The van der Waals surface area contributed by atoms with Crippen LogP contribution >= 0.6 is 34.2 Å². The molecule has 0 aliphatic heterocycles. The summed E-state index contributed by atoms with van der Waals surface area (Å²) in [6, 6.07) is 6.79. The van der Waals surface area contributed by atoms with Gasteiger partial charge in [0, 0.05) is 9.61 Å². The van der Waals surface area contributed by atoms with Crippen LogP contribution in [0.3, 0.4) is 0 Å². The van der Waals surface area contributed by atoms with Crippen molar-refractivity contribution in [3.8, 4) is 0 Å². The van der Waals surface area contributed by atoms with Crippen LogP contribution in [0, 0.1) is 3.57 Å². The van der Waals surface area contributed by atoms with E-state index < -0.39 is 0 Å². The third-order valence-corrected chi connectivity index (χ3v) is 4.61. The van der Waals surface area contributed by atoms with E-state index in [1.165, 1.54) is 37.7 Å². The molecule has 0 spiro atoms. The van der Waals surface area contributed by atoms with E-state index in [4.69, 9.17) is 11.6 Å². The second-order valence-corrected chi connectivity index (χ2v) is 5.93. The summed E-state index contributed by atoms with van der Waals surface area (Å²) < 4.78 is 1.12. The van der Waals surface area contributed by atoms with Crippen molar-refractivity contribution >= 4 is 34.2 Å². The molecule has 0 fully saturated rings. The fourth-order valence-electron chi connectivity index (χ4n) is 1.98. The summed E-state index contributed by atoms with van der Waals surface area (Å²) in [5.41, 5.74) is 1.30. The molecule has 1 rings (SSSR count). The maximum absolute atomic E-state index is 6.16. The fourth-order valence-corrected chi connectivity index (χ4v) is 2.51. The van der Waals surface area contributed by atoms with Gasteiger partial charge in [0.05, 0.1) is 5.02 Å². The predicted molar refractivity (Wildman–Crippen MR) is 84.7 cm³/mol. The summed E-state index contributed by atoms with van der Waals surface area (Å²) in [7, 11) is 2.02. The predicted octanol–water partition coefficient (Wildman–Crippen LogP) is 5.18. The molecular weight excluding hydrogens is 345 g/mol. The molecule has 1 unspecified atom stereocenters. The zero-order chi connectivity index (χ0) is 12.7. The average Bonchev–Trinajstić information content (AvgIpc) is 2.33. The first kappa shape index (κ1) is 15.3. The molecule has 96 valence electrons. The van der Waals surface area contributed by atoms with Crippen molar-refractivity contribution in [1.29, 1.82) is 0 Å². The van der Waals surface area contributed by atoms with E-state index in [0.29, 0.717) is 6.04 Å². The van der Waals surface area contributed by atoms with Crippen molar-refractivity contribution in [2.45, 2.75) is 45.1 Å². The number of nitrogens with one attached hydrogen (secondary N) is 1. The van der Waals surface area contributed by atoms with Gasteiger partial charge in [0.1, 0.15) is 0 Å². The van der Waals surface area contributed by atoms with Gasteiger partial charge in [-0.1, -0.05) is 50.3 Å². The van der Waals surface area contributed by atoms with Crippen LogP contribution in [0.4, 0.5) is 0 Å². The van der Waals surface area contributed by atoms with E-state index in [1.54, 1.807) is 0 Å². The Labute approximate surface area is 123 Å². The number of unbranched alkanes of at least 4 members (excludes halogenated alkanes) is 3. The van der Waals surface area contributed by atoms with Crippen molar-refractivity contribution in [2.75, 3.05) is 7.05 Å². The van der Waals surface area contributed by atoms with Crippen LogP contribution in [0.5, 0.6) is 0 Å². The van der Waals surface area contributed by atoms with Crippen molar-refractivity contribution < 1.29 is 0 Å². The highest BCUT2D eigenvalue weighted by molar-refractivity contribution is 14.1. The van der Waals surface area contributed by atoms with Crippen molar-refractivity contribution in [3.05, 3.63) is 32.4 Å². The van der Waals surface area contributed by atoms with E-state index in [2.05, 4.69) is 53.0 Å². The second-order valence-electron chi connectivity index (χ2n) is 4.36. The van der Waals surface area contributed by atoms with Crippen molar-refractivity contribution in [3.63, 3.8) is 0 Å². The lowest BCUT2D eigenvalue weighted by Gasteiger charge is -2.17.